The molecule has 24 heavy (non-hydrogen) atoms. The molecule has 8 nitrogen and oxygen atoms in total. The van der Waals surface area contributed by atoms with Crippen molar-refractivity contribution in [3.05, 3.63) is 46.1 Å². The second kappa shape index (κ2) is 5.55. The number of phenolic OH excluding ortho intramolecular Hbond substituents is 2. The third-order valence-corrected chi connectivity index (χ3v) is 3.67. The molecule has 0 fully saturated rings. The molecular weight excluding hydrogens is 310 g/mol. The summed E-state index contributed by atoms with van der Waals surface area (Å²) in [6.45, 7) is 6.38. The van der Waals surface area contributed by atoms with E-state index in [4.69, 9.17) is 0 Å². The van der Waals surface area contributed by atoms with Crippen LogP contribution in [-0.4, -0.2) is 29.8 Å². The highest BCUT2D eigenvalue weighted by atomic mass is 16.3. The van der Waals surface area contributed by atoms with Crippen LogP contribution in [0.3, 0.4) is 0 Å². The van der Waals surface area contributed by atoms with Crippen LogP contribution in [0.15, 0.2) is 29.2 Å². The molecule has 0 saturated heterocycles. The topological polar surface area (TPSA) is 116 Å². The van der Waals surface area contributed by atoms with Crippen LogP contribution in [0.5, 0.6) is 11.5 Å². The molecule has 0 atom stereocenters. The van der Waals surface area contributed by atoms with E-state index in [0.29, 0.717) is 18.0 Å². The van der Waals surface area contributed by atoms with Gasteiger partial charge >= 0.3 is 5.69 Å². The molecule has 0 aliphatic rings. The van der Waals surface area contributed by atoms with Gasteiger partial charge in [0.2, 0.25) is 5.65 Å². The van der Waals surface area contributed by atoms with Crippen LogP contribution in [0.2, 0.25) is 0 Å². The van der Waals surface area contributed by atoms with Gasteiger partial charge in [-0.25, -0.2) is 19.3 Å². The fourth-order valence-corrected chi connectivity index (χ4v) is 2.26. The lowest BCUT2D eigenvalue weighted by Crippen LogP contribution is -2.19. The first-order valence-electron chi connectivity index (χ1n) is 7.48. The van der Waals surface area contributed by atoms with E-state index in [-0.39, 0.29) is 22.6 Å². The van der Waals surface area contributed by atoms with Crippen molar-refractivity contribution in [1.29, 1.82) is 0 Å². The Morgan fingerprint density at radius 1 is 1.25 bits per heavy atom. The molecule has 0 aliphatic heterocycles. The molecule has 0 amide bonds. The standard InChI is InChI=1S/C16H19N5O3/c1-16(2,3)12-8-21-14(19-20-15(21)24)13(18-12)17-7-9-4-5-10(22)11(23)6-9/h4-6,8,22-23H,7H2,1-3H3,(H,17,18)(H,20,24). The predicted octanol–water partition coefficient (Wildman–Crippen LogP) is 1.74. The minimum Gasteiger partial charge on any atom is -0.504 e. The number of H-pyrrole nitrogens is 1. The average Bonchev–Trinajstić information content (AvgIpc) is 2.89. The number of nitrogens with one attached hydrogen (secondary N) is 2. The number of benzene rings is 1. The molecule has 0 spiro atoms. The number of rotatable bonds is 3. The quantitative estimate of drug-likeness (QED) is 0.544. The van der Waals surface area contributed by atoms with Crippen LogP contribution in [0.1, 0.15) is 32.0 Å². The summed E-state index contributed by atoms with van der Waals surface area (Å²) in [6.07, 6.45) is 1.68. The van der Waals surface area contributed by atoms with Crippen molar-refractivity contribution in [1.82, 2.24) is 19.6 Å². The molecule has 8 heteroatoms. The first-order chi connectivity index (χ1) is 11.3. The molecule has 4 N–H and O–H groups in total. The van der Waals surface area contributed by atoms with Gasteiger partial charge in [-0.3, -0.25) is 0 Å². The smallest absolute Gasteiger partial charge is 0.347 e. The van der Waals surface area contributed by atoms with Crippen LogP contribution >= 0.6 is 0 Å². The molecule has 0 radical (unpaired) electrons. The van der Waals surface area contributed by atoms with Gasteiger partial charge in [0, 0.05) is 18.2 Å². The molecular formula is C16H19N5O3. The summed E-state index contributed by atoms with van der Waals surface area (Å²) in [5.41, 5.74) is 1.33. The van der Waals surface area contributed by atoms with Crippen molar-refractivity contribution in [2.75, 3.05) is 5.32 Å². The zero-order valence-electron chi connectivity index (χ0n) is 13.7. The number of aromatic nitrogens is 4. The Hall–Kier alpha value is -3.03. The first kappa shape index (κ1) is 15.9. The molecule has 3 aromatic rings. The van der Waals surface area contributed by atoms with Crippen LogP contribution in [0, 0.1) is 0 Å². The number of fused-ring (bicyclic) bond motifs is 1. The Kier molecular flexibility index (Phi) is 3.67. The van der Waals surface area contributed by atoms with Gasteiger partial charge in [0.25, 0.3) is 0 Å². The Bertz CT molecular complexity index is 952. The van der Waals surface area contributed by atoms with Crippen molar-refractivity contribution in [2.45, 2.75) is 32.7 Å². The Balaban J connectivity index is 1.98. The van der Waals surface area contributed by atoms with Gasteiger partial charge in [0.1, 0.15) is 0 Å². The summed E-state index contributed by atoms with van der Waals surface area (Å²) in [7, 11) is 0. The normalized spacial score (nSPS) is 11.8. The second-order valence-corrected chi connectivity index (χ2v) is 6.62. The number of hydrogen-bond acceptors (Lipinski definition) is 6. The summed E-state index contributed by atoms with van der Waals surface area (Å²) in [5.74, 6) is 0.105. The van der Waals surface area contributed by atoms with Crippen molar-refractivity contribution >= 4 is 11.5 Å². The van der Waals surface area contributed by atoms with E-state index in [0.717, 1.165) is 11.3 Å². The largest absolute Gasteiger partial charge is 0.504 e. The third kappa shape index (κ3) is 2.90. The minimum absolute atomic E-state index is 0.173. The second-order valence-electron chi connectivity index (χ2n) is 6.62. The lowest BCUT2D eigenvalue weighted by molar-refractivity contribution is 0.403. The molecule has 2 aromatic heterocycles. The maximum atomic E-state index is 11.9. The highest BCUT2D eigenvalue weighted by molar-refractivity contribution is 5.62. The van der Waals surface area contributed by atoms with Gasteiger partial charge in [0.05, 0.1) is 5.69 Å². The van der Waals surface area contributed by atoms with E-state index in [1.807, 2.05) is 20.8 Å². The summed E-state index contributed by atoms with van der Waals surface area (Å²) in [6, 6.07) is 4.56. The summed E-state index contributed by atoms with van der Waals surface area (Å²) < 4.78 is 1.42. The van der Waals surface area contributed by atoms with Gasteiger partial charge in [-0.15, -0.1) is 5.10 Å². The van der Waals surface area contributed by atoms with E-state index in [1.54, 1.807) is 12.3 Å². The van der Waals surface area contributed by atoms with Crippen LogP contribution in [0.4, 0.5) is 5.82 Å². The summed E-state index contributed by atoms with van der Waals surface area (Å²) in [4.78, 5) is 16.5. The van der Waals surface area contributed by atoms with E-state index < -0.39 is 0 Å². The maximum absolute atomic E-state index is 11.9. The first-order valence-corrected chi connectivity index (χ1v) is 7.48. The molecule has 0 aliphatic carbocycles. The maximum Gasteiger partial charge on any atom is 0.347 e. The Morgan fingerprint density at radius 2 is 2.00 bits per heavy atom. The number of anilines is 1. The lowest BCUT2D eigenvalue weighted by atomic mass is 9.93. The monoisotopic (exact) mass is 329 g/mol. The highest BCUT2D eigenvalue weighted by Gasteiger charge is 2.20. The van der Waals surface area contributed by atoms with Crippen LogP contribution in [-0.2, 0) is 12.0 Å². The molecule has 126 valence electrons. The Labute approximate surface area is 137 Å². The van der Waals surface area contributed by atoms with Gasteiger partial charge in [-0.2, -0.15) is 0 Å². The van der Waals surface area contributed by atoms with Crippen LogP contribution < -0.4 is 11.0 Å². The molecule has 2 heterocycles. The fourth-order valence-electron chi connectivity index (χ4n) is 2.26. The van der Waals surface area contributed by atoms with E-state index in [2.05, 4.69) is 20.5 Å². The highest BCUT2D eigenvalue weighted by Crippen LogP contribution is 2.26. The van der Waals surface area contributed by atoms with E-state index in [1.165, 1.54) is 16.5 Å². The van der Waals surface area contributed by atoms with Gasteiger partial charge in [0.15, 0.2) is 17.3 Å². The molecule has 1 aromatic carbocycles. The summed E-state index contributed by atoms with van der Waals surface area (Å²) in [5, 5.41) is 28.5. The van der Waals surface area contributed by atoms with Gasteiger partial charge in [-0.1, -0.05) is 26.8 Å². The summed E-state index contributed by atoms with van der Waals surface area (Å²) >= 11 is 0. The van der Waals surface area contributed by atoms with Crippen molar-refractivity contribution in [2.24, 2.45) is 0 Å². The van der Waals surface area contributed by atoms with Crippen molar-refractivity contribution < 1.29 is 10.2 Å². The van der Waals surface area contributed by atoms with Crippen LogP contribution in [0.25, 0.3) is 5.65 Å². The number of phenols is 2. The Morgan fingerprint density at radius 3 is 2.67 bits per heavy atom. The predicted molar refractivity (Wildman–Crippen MR) is 89.4 cm³/mol. The molecule has 0 saturated carbocycles. The SMILES string of the molecule is CC(C)(C)c1cn2c(=O)[nH]nc2c(NCc2ccc(O)c(O)c2)n1. The van der Waals surface area contributed by atoms with E-state index >= 15 is 0 Å². The minimum atomic E-state index is -0.330. The zero-order chi connectivity index (χ0) is 17.5. The van der Waals surface area contributed by atoms with Gasteiger partial charge < -0.3 is 15.5 Å². The van der Waals surface area contributed by atoms with Crippen molar-refractivity contribution in [3.63, 3.8) is 0 Å². The number of nitrogens with zero attached hydrogens (tertiary/aromatic N) is 3. The molecule has 0 bridgehead atoms. The fraction of sp³-hybridized carbons (Fsp3) is 0.312. The third-order valence-electron chi connectivity index (χ3n) is 3.67. The van der Waals surface area contributed by atoms with Gasteiger partial charge in [-0.05, 0) is 17.7 Å². The number of aromatic hydroxyl groups is 2. The van der Waals surface area contributed by atoms with Crippen molar-refractivity contribution in [3.8, 4) is 11.5 Å². The van der Waals surface area contributed by atoms with E-state index in [9.17, 15) is 15.0 Å². The number of aromatic amines is 1. The lowest BCUT2D eigenvalue weighted by Gasteiger charge is -2.19. The molecule has 3 rings (SSSR count). The zero-order valence-corrected chi connectivity index (χ0v) is 13.7. The molecule has 0 unspecified atom stereocenters. The number of hydrogen-bond donors (Lipinski definition) is 4. The average molecular weight is 329 g/mol.